The summed E-state index contributed by atoms with van der Waals surface area (Å²) in [5.41, 5.74) is 3.58. The molecule has 1 saturated heterocycles. The van der Waals surface area contributed by atoms with E-state index in [-0.39, 0.29) is 30.7 Å². The summed E-state index contributed by atoms with van der Waals surface area (Å²) in [4.78, 5) is 39.2. The minimum atomic E-state index is -0.409. The van der Waals surface area contributed by atoms with E-state index in [0.717, 1.165) is 5.56 Å². The van der Waals surface area contributed by atoms with Gasteiger partial charge in [0.05, 0.1) is 13.0 Å². The van der Waals surface area contributed by atoms with E-state index >= 15 is 0 Å². The molecule has 1 heterocycles. The summed E-state index contributed by atoms with van der Waals surface area (Å²) >= 11 is 0. The van der Waals surface area contributed by atoms with Gasteiger partial charge in [-0.25, -0.2) is 0 Å². The zero-order valence-corrected chi connectivity index (χ0v) is 21.9. The maximum atomic E-state index is 12.7. The summed E-state index contributed by atoms with van der Waals surface area (Å²) in [6.45, 7) is 4.87. The first kappa shape index (κ1) is 26.7. The normalized spacial score (nSPS) is 14.9. The lowest BCUT2D eigenvalue weighted by Crippen LogP contribution is -2.32. The average Bonchev–Trinajstić information content (AvgIpc) is 3.32. The minimum absolute atomic E-state index is 0.0993. The molecular formula is C30H33N3O5. The Morgan fingerprint density at radius 3 is 2.42 bits per heavy atom. The molecule has 1 aliphatic rings. The number of benzene rings is 3. The highest BCUT2D eigenvalue weighted by molar-refractivity contribution is 6.00. The Bertz CT molecular complexity index is 1270. The van der Waals surface area contributed by atoms with Gasteiger partial charge in [-0.2, -0.15) is 0 Å². The van der Waals surface area contributed by atoms with Crippen LogP contribution in [0.25, 0.3) is 0 Å². The Labute approximate surface area is 222 Å². The second-order valence-electron chi connectivity index (χ2n) is 9.58. The van der Waals surface area contributed by atoms with E-state index in [0.29, 0.717) is 41.9 Å². The number of methoxy groups -OCH3 is 1. The summed E-state index contributed by atoms with van der Waals surface area (Å²) < 4.78 is 10.7. The van der Waals surface area contributed by atoms with Crippen molar-refractivity contribution in [3.8, 4) is 11.5 Å². The predicted molar refractivity (Wildman–Crippen MR) is 146 cm³/mol. The van der Waals surface area contributed by atoms with Crippen LogP contribution in [0.15, 0.2) is 72.8 Å². The number of amides is 3. The lowest BCUT2D eigenvalue weighted by Gasteiger charge is -2.17. The third-order valence-corrected chi connectivity index (χ3v) is 6.48. The fourth-order valence-corrected chi connectivity index (χ4v) is 4.26. The molecule has 4 rings (SSSR count). The van der Waals surface area contributed by atoms with Crippen molar-refractivity contribution in [1.82, 2.24) is 5.32 Å². The summed E-state index contributed by atoms with van der Waals surface area (Å²) in [5, 5.41) is 5.72. The van der Waals surface area contributed by atoms with Gasteiger partial charge in [-0.1, -0.05) is 44.2 Å². The van der Waals surface area contributed by atoms with Gasteiger partial charge in [0.1, 0.15) is 11.5 Å². The maximum Gasteiger partial charge on any atom is 0.262 e. The van der Waals surface area contributed by atoms with Crippen LogP contribution in [0, 0.1) is 5.92 Å². The Kier molecular flexibility index (Phi) is 8.63. The number of nitrogens with one attached hydrogen (secondary N) is 2. The topological polar surface area (TPSA) is 97.0 Å². The summed E-state index contributed by atoms with van der Waals surface area (Å²) in [5.74, 6) is 0.661. The largest absolute Gasteiger partial charge is 0.497 e. The van der Waals surface area contributed by atoms with E-state index in [9.17, 15) is 14.4 Å². The Hall–Kier alpha value is -4.33. The van der Waals surface area contributed by atoms with Gasteiger partial charge in [0.15, 0.2) is 6.61 Å². The number of hydrogen-bond acceptors (Lipinski definition) is 5. The highest BCUT2D eigenvalue weighted by atomic mass is 16.5. The molecule has 0 aromatic heterocycles. The zero-order valence-electron chi connectivity index (χ0n) is 21.9. The van der Waals surface area contributed by atoms with E-state index in [1.165, 1.54) is 5.56 Å². The van der Waals surface area contributed by atoms with Crippen LogP contribution in [0.1, 0.15) is 37.3 Å². The molecular weight excluding hydrogens is 482 g/mol. The van der Waals surface area contributed by atoms with Gasteiger partial charge in [-0.3, -0.25) is 14.4 Å². The molecule has 0 aliphatic carbocycles. The van der Waals surface area contributed by atoms with Gasteiger partial charge in [0.25, 0.3) is 5.91 Å². The van der Waals surface area contributed by atoms with Crippen LogP contribution in [-0.2, 0) is 20.9 Å². The summed E-state index contributed by atoms with van der Waals surface area (Å²) in [6, 6.07) is 22.2. The van der Waals surface area contributed by atoms with Crippen molar-refractivity contribution in [2.45, 2.75) is 32.7 Å². The van der Waals surface area contributed by atoms with Crippen molar-refractivity contribution in [2.75, 3.05) is 30.5 Å². The van der Waals surface area contributed by atoms with Crippen molar-refractivity contribution in [2.24, 2.45) is 5.92 Å². The highest BCUT2D eigenvalue weighted by Gasteiger charge is 2.35. The lowest BCUT2D eigenvalue weighted by molar-refractivity contribution is -0.126. The summed E-state index contributed by atoms with van der Waals surface area (Å²) in [6.07, 6.45) is 0.167. The van der Waals surface area contributed by atoms with Gasteiger partial charge in [-0.15, -0.1) is 0 Å². The van der Waals surface area contributed by atoms with Crippen molar-refractivity contribution < 1.29 is 23.9 Å². The second-order valence-corrected chi connectivity index (χ2v) is 9.58. The molecule has 0 bridgehead atoms. The van der Waals surface area contributed by atoms with Gasteiger partial charge < -0.3 is 25.0 Å². The van der Waals surface area contributed by atoms with E-state index < -0.39 is 5.92 Å². The molecule has 0 radical (unpaired) electrons. The zero-order chi connectivity index (χ0) is 27.1. The number of carbonyl (C=O) groups excluding carboxylic acids is 3. The number of anilines is 2. The number of carbonyl (C=O) groups is 3. The van der Waals surface area contributed by atoms with Crippen LogP contribution in [0.5, 0.6) is 11.5 Å². The van der Waals surface area contributed by atoms with Gasteiger partial charge in [-0.05, 0) is 53.4 Å². The van der Waals surface area contributed by atoms with E-state index in [2.05, 4.69) is 36.6 Å². The predicted octanol–water partition coefficient (Wildman–Crippen LogP) is 4.51. The molecule has 0 unspecified atom stereocenters. The van der Waals surface area contributed by atoms with Crippen molar-refractivity contribution in [1.29, 1.82) is 0 Å². The number of ether oxygens (including phenoxy) is 2. The van der Waals surface area contributed by atoms with E-state index in [4.69, 9.17) is 9.47 Å². The van der Waals surface area contributed by atoms with Crippen LogP contribution >= 0.6 is 0 Å². The molecule has 1 fully saturated rings. The Morgan fingerprint density at radius 2 is 1.74 bits per heavy atom. The molecule has 198 valence electrons. The van der Waals surface area contributed by atoms with Gasteiger partial charge in [0, 0.05) is 37.0 Å². The quantitative estimate of drug-likeness (QED) is 0.414. The molecule has 2 N–H and O–H groups in total. The Morgan fingerprint density at radius 1 is 1.00 bits per heavy atom. The fraction of sp³-hybridized carbons (Fsp3) is 0.300. The minimum Gasteiger partial charge on any atom is -0.497 e. The monoisotopic (exact) mass is 515 g/mol. The molecule has 3 aromatic carbocycles. The lowest BCUT2D eigenvalue weighted by atomic mass is 10.0. The SMILES string of the molecule is COc1cccc(NC(=O)COc2ccc(N3C[C@@H](C(=O)NCc4ccc(C(C)C)cc4)CC3=O)cc2)c1. The third kappa shape index (κ3) is 6.91. The van der Waals surface area contributed by atoms with Crippen LogP contribution in [0.2, 0.25) is 0 Å². The molecule has 3 amide bonds. The smallest absolute Gasteiger partial charge is 0.262 e. The molecule has 0 spiro atoms. The molecule has 3 aromatic rings. The van der Waals surface area contributed by atoms with E-state index in [1.54, 1.807) is 60.5 Å². The summed E-state index contributed by atoms with van der Waals surface area (Å²) in [7, 11) is 1.56. The van der Waals surface area contributed by atoms with Crippen molar-refractivity contribution in [3.63, 3.8) is 0 Å². The maximum absolute atomic E-state index is 12.7. The van der Waals surface area contributed by atoms with Gasteiger partial charge in [0.2, 0.25) is 11.8 Å². The van der Waals surface area contributed by atoms with Crippen LogP contribution in [0.4, 0.5) is 11.4 Å². The number of hydrogen-bond donors (Lipinski definition) is 2. The molecule has 0 saturated carbocycles. The first-order chi connectivity index (χ1) is 18.3. The molecule has 1 aliphatic heterocycles. The first-order valence-corrected chi connectivity index (χ1v) is 12.7. The second kappa shape index (κ2) is 12.3. The number of rotatable bonds is 10. The van der Waals surface area contributed by atoms with Crippen LogP contribution in [-0.4, -0.2) is 38.0 Å². The Balaban J connectivity index is 1.25. The van der Waals surface area contributed by atoms with Crippen molar-refractivity contribution >= 4 is 29.1 Å². The third-order valence-electron chi connectivity index (χ3n) is 6.48. The highest BCUT2D eigenvalue weighted by Crippen LogP contribution is 2.27. The van der Waals surface area contributed by atoms with Crippen LogP contribution in [0.3, 0.4) is 0 Å². The van der Waals surface area contributed by atoms with Crippen molar-refractivity contribution in [3.05, 3.63) is 83.9 Å². The molecule has 1 atom stereocenters. The molecule has 38 heavy (non-hydrogen) atoms. The number of nitrogens with zero attached hydrogens (tertiary/aromatic N) is 1. The standard InChI is InChI=1S/C30H33N3O5/c1-20(2)22-9-7-21(8-10-22)17-31-30(36)23-15-29(35)33(18-23)25-11-13-26(14-12-25)38-19-28(34)32-24-5-4-6-27(16-24)37-3/h4-14,16,20,23H,15,17-19H2,1-3H3,(H,31,36)(H,32,34)/t23-/m0/s1. The average molecular weight is 516 g/mol. The molecule has 8 heteroatoms. The fourth-order valence-electron chi connectivity index (χ4n) is 4.26. The van der Waals surface area contributed by atoms with Gasteiger partial charge >= 0.3 is 0 Å². The van der Waals surface area contributed by atoms with Crippen LogP contribution < -0.4 is 25.0 Å². The molecule has 8 nitrogen and oxygen atoms in total. The first-order valence-electron chi connectivity index (χ1n) is 12.7. The van der Waals surface area contributed by atoms with E-state index in [1.807, 2.05) is 12.1 Å².